The van der Waals surface area contributed by atoms with E-state index in [1.54, 1.807) is 24.3 Å². The fraction of sp³-hybridized carbons (Fsp3) is 0.111. The van der Waals surface area contributed by atoms with Crippen LogP contribution in [-0.4, -0.2) is 17.0 Å². The molecule has 0 saturated heterocycles. The first kappa shape index (κ1) is 12.3. The molecule has 0 aliphatic carbocycles. The van der Waals surface area contributed by atoms with Crippen LogP contribution in [0.4, 0.5) is 0 Å². The van der Waals surface area contributed by atoms with Crippen molar-refractivity contribution in [1.82, 2.24) is 0 Å². The Balaban J connectivity index is 2.59. The molecule has 0 aliphatic rings. The third-order valence-corrected chi connectivity index (χ3v) is 2.36. The van der Waals surface area contributed by atoms with Gasteiger partial charge in [0.2, 0.25) is 0 Å². The van der Waals surface area contributed by atoms with Crippen LogP contribution in [0.2, 0.25) is 5.02 Å². The average Bonchev–Trinajstić information content (AvgIpc) is 2.20. The summed E-state index contributed by atoms with van der Waals surface area (Å²) < 4.78 is 0. The number of hydrogen-bond acceptors (Lipinski definition) is 3. The highest BCUT2D eigenvalue weighted by Gasteiger charge is 2.12. The Labute approximate surface area is 102 Å². The summed E-state index contributed by atoms with van der Waals surface area (Å²) in [5.41, 5.74) is -0.629. The Bertz CT molecular complexity index is 381. The van der Waals surface area contributed by atoms with Gasteiger partial charge < -0.3 is 4.84 Å². The first-order chi connectivity index (χ1) is 7.11. The summed E-state index contributed by atoms with van der Waals surface area (Å²) in [5.74, 6) is 0. The molecule has 0 radical (unpaired) electrons. The molecule has 0 bridgehead atoms. The number of carbonyl (C=O) groups excluding carboxylic acids is 1. The fourth-order valence-electron chi connectivity index (χ4n) is 0.762. The van der Waals surface area contributed by atoms with Gasteiger partial charge in [-0.2, -0.15) is 0 Å². The van der Waals surface area contributed by atoms with E-state index in [4.69, 9.17) is 34.8 Å². The summed E-state index contributed by atoms with van der Waals surface area (Å²) in [6.45, 7) is 0. The number of carbonyl (C=O) groups is 1. The Hall–Kier alpha value is -0.770. The van der Waals surface area contributed by atoms with Crippen molar-refractivity contribution >= 4 is 46.3 Å². The molecule has 3 nitrogen and oxygen atoms in total. The smallest absolute Gasteiger partial charge is 0.280 e. The van der Waals surface area contributed by atoms with Crippen LogP contribution < -0.4 is 0 Å². The first-order valence-electron chi connectivity index (χ1n) is 3.88. The molecule has 1 atom stereocenters. The first-order valence-corrected chi connectivity index (χ1v) is 5.07. The van der Waals surface area contributed by atoms with Crippen molar-refractivity contribution in [2.75, 3.05) is 0 Å². The maximum atomic E-state index is 10.5. The van der Waals surface area contributed by atoms with Crippen LogP contribution >= 0.6 is 34.8 Å². The molecule has 15 heavy (non-hydrogen) atoms. The summed E-state index contributed by atoms with van der Waals surface area (Å²) in [5, 5.41) is 3.17. The van der Waals surface area contributed by atoms with Crippen LogP contribution in [0.5, 0.6) is 0 Å². The molecule has 0 amide bonds. The molecule has 1 aromatic rings. The number of hydrogen-bond donors (Lipinski definition) is 0. The maximum absolute atomic E-state index is 10.5. The summed E-state index contributed by atoms with van der Waals surface area (Å²) in [7, 11) is 0. The standard InChI is InChI=1S/C9H6Cl3NO2/c10-7-4-2-1-3-6(7)5-13-15-9(12)8(11)14/h1-5,9H. The van der Waals surface area contributed by atoms with Gasteiger partial charge in [-0.1, -0.05) is 46.6 Å². The summed E-state index contributed by atoms with van der Waals surface area (Å²) in [6, 6.07) is 7.01. The highest BCUT2D eigenvalue weighted by atomic mass is 35.5. The lowest BCUT2D eigenvalue weighted by atomic mass is 10.2. The van der Waals surface area contributed by atoms with Crippen molar-refractivity contribution in [3.05, 3.63) is 34.9 Å². The van der Waals surface area contributed by atoms with Gasteiger partial charge in [0.25, 0.3) is 10.8 Å². The van der Waals surface area contributed by atoms with E-state index < -0.39 is 10.8 Å². The van der Waals surface area contributed by atoms with Gasteiger partial charge in [-0.3, -0.25) is 4.79 Å². The molecule has 0 fully saturated rings. The van der Waals surface area contributed by atoms with Crippen molar-refractivity contribution in [2.24, 2.45) is 5.16 Å². The number of halogens is 3. The molecule has 1 rings (SSSR count). The largest absolute Gasteiger partial charge is 0.367 e. The Morgan fingerprint density at radius 2 is 2.13 bits per heavy atom. The zero-order valence-electron chi connectivity index (χ0n) is 7.36. The third-order valence-electron chi connectivity index (χ3n) is 1.43. The molecule has 0 aromatic heterocycles. The monoisotopic (exact) mass is 265 g/mol. The van der Waals surface area contributed by atoms with Gasteiger partial charge in [0.05, 0.1) is 6.21 Å². The van der Waals surface area contributed by atoms with Gasteiger partial charge in [-0.05, 0) is 17.7 Å². The molecule has 0 spiro atoms. The molecule has 0 N–H and O–H groups in total. The molecule has 0 saturated carbocycles. The van der Waals surface area contributed by atoms with Crippen molar-refractivity contribution in [2.45, 2.75) is 5.56 Å². The number of nitrogens with zero attached hydrogens (tertiary/aromatic N) is 1. The number of benzene rings is 1. The topological polar surface area (TPSA) is 38.7 Å². The van der Waals surface area contributed by atoms with E-state index in [-0.39, 0.29) is 0 Å². The van der Waals surface area contributed by atoms with Crippen LogP contribution in [-0.2, 0) is 9.63 Å². The Kier molecular flexibility index (Phi) is 4.88. The average molecular weight is 267 g/mol. The highest BCUT2D eigenvalue weighted by molar-refractivity contribution is 6.68. The molecular formula is C9H6Cl3NO2. The molecular weight excluding hydrogens is 260 g/mol. The van der Waals surface area contributed by atoms with Crippen molar-refractivity contribution in [3.63, 3.8) is 0 Å². The minimum Gasteiger partial charge on any atom is -0.367 e. The van der Waals surface area contributed by atoms with Crippen molar-refractivity contribution in [1.29, 1.82) is 0 Å². The van der Waals surface area contributed by atoms with Crippen LogP contribution in [0.25, 0.3) is 0 Å². The summed E-state index contributed by atoms with van der Waals surface area (Å²) >= 11 is 16.2. The van der Waals surface area contributed by atoms with E-state index >= 15 is 0 Å². The van der Waals surface area contributed by atoms with Crippen LogP contribution in [0.15, 0.2) is 29.4 Å². The zero-order chi connectivity index (χ0) is 11.3. The molecule has 80 valence electrons. The van der Waals surface area contributed by atoms with Crippen LogP contribution in [0.1, 0.15) is 5.56 Å². The van der Waals surface area contributed by atoms with E-state index in [9.17, 15) is 4.79 Å². The van der Waals surface area contributed by atoms with Gasteiger partial charge in [0, 0.05) is 10.6 Å². The number of rotatable bonds is 4. The van der Waals surface area contributed by atoms with Gasteiger partial charge >= 0.3 is 0 Å². The minimum atomic E-state index is -1.29. The van der Waals surface area contributed by atoms with E-state index in [1.165, 1.54) is 6.21 Å². The van der Waals surface area contributed by atoms with Crippen LogP contribution in [0, 0.1) is 0 Å². The summed E-state index contributed by atoms with van der Waals surface area (Å²) in [6.07, 6.45) is 1.34. The fourth-order valence-corrected chi connectivity index (χ4v) is 1.03. The minimum absolute atomic E-state index is 0.521. The molecule has 1 aromatic carbocycles. The van der Waals surface area contributed by atoms with Gasteiger partial charge in [-0.25, -0.2) is 0 Å². The summed E-state index contributed by atoms with van der Waals surface area (Å²) in [4.78, 5) is 15.0. The second-order valence-corrected chi connectivity index (χ2v) is 3.66. The second kappa shape index (κ2) is 5.95. The van der Waals surface area contributed by atoms with E-state index in [0.717, 1.165) is 0 Å². The maximum Gasteiger partial charge on any atom is 0.280 e. The highest BCUT2D eigenvalue weighted by Crippen LogP contribution is 2.12. The lowest BCUT2D eigenvalue weighted by molar-refractivity contribution is -0.117. The van der Waals surface area contributed by atoms with Gasteiger partial charge in [-0.15, -0.1) is 0 Å². The lowest BCUT2D eigenvalue weighted by Crippen LogP contribution is -2.09. The van der Waals surface area contributed by atoms with Crippen LogP contribution in [0.3, 0.4) is 0 Å². The quantitative estimate of drug-likeness (QED) is 0.364. The zero-order valence-corrected chi connectivity index (χ0v) is 9.63. The van der Waals surface area contributed by atoms with E-state index in [0.29, 0.717) is 10.6 Å². The molecule has 0 aliphatic heterocycles. The van der Waals surface area contributed by atoms with Gasteiger partial charge in [0.1, 0.15) is 0 Å². The molecule has 1 unspecified atom stereocenters. The van der Waals surface area contributed by atoms with Crippen molar-refractivity contribution in [3.8, 4) is 0 Å². The lowest BCUT2D eigenvalue weighted by Gasteiger charge is -2.00. The van der Waals surface area contributed by atoms with E-state index in [1.807, 2.05) is 0 Å². The Morgan fingerprint density at radius 3 is 2.73 bits per heavy atom. The Morgan fingerprint density at radius 1 is 1.47 bits per heavy atom. The predicted octanol–water partition coefficient (Wildman–Crippen LogP) is 3.02. The number of oxime groups is 1. The number of alkyl halides is 1. The van der Waals surface area contributed by atoms with Gasteiger partial charge in [0.15, 0.2) is 0 Å². The van der Waals surface area contributed by atoms with E-state index in [2.05, 4.69) is 9.99 Å². The SMILES string of the molecule is O=C(Cl)C(Cl)ON=Cc1ccccc1Cl. The molecule has 0 heterocycles. The molecule has 6 heteroatoms. The predicted molar refractivity (Wildman–Crippen MR) is 60.6 cm³/mol. The van der Waals surface area contributed by atoms with Crippen molar-refractivity contribution < 1.29 is 9.63 Å². The normalized spacial score (nSPS) is 12.7. The second-order valence-electron chi connectivity index (χ2n) is 2.48. The third kappa shape index (κ3) is 4.08.